The molecule has 0 atom stereocenters. The molecule has 3 N–H and O–H groups in total. The Morgan fingerprint density at radius 1 is 1.33 bits per heavy atom. The molecule has 2 aromatic rings. The molecule has 2 amide bonds. The molecule has 0 fully saturated rings. The first kappa shape index (κ1) is 12.1. The predicted octanol–water partition coefficient (Wildman–Crippen LogP) is 1.46. The Morgan fingerprint density at radius 3 is 2.83 bits per heavy atom. The lowest BCUT2D eigenvalue weighted by Crippen LogP contribution is -2.31. The summed E-state index contributed by atoms with van der Waals surface area (Å²) in [6, 6.07) is 10.6. The number of hydrogen-bond donors (Lipinski definition) is 3. The van der Waals surface area contributed by atoms with Crippen LogP contribution >= 0.6 is 0 Å². The van der Waals surface area contributed by atoms with Crippen LogP contribution in [0.3, 0.4) is 0 Å². The Kier molecular flexibility index (Phi) is 3.93. The van der Waals surface area contributed by atoms with Gasteiger partial charge in [0.25, 0.3) is 0 Å². The molecule has 0 spiro atoms. The third-order valence-corrected chi connectivity index (χ3v) is 2.21. The summed E-state index contributed by atoms with van der Waals surface area (Å²) >= 11 is 0. The van der Waals surface area contributed by atoms with E-state index in [2.05, 4.69) is 15.8 Å². The number of rotatable bonds is 4. The number of aromatic nitrogens is 1. The van der Waals surface area contributed by atoms with Crippen molar-refractivity contribution in [1.29, 1.82) is 0 Å². The van der Waals surface area contributed by atoms with Gasteiger partial charge in [-0.2, -0.15) is 0 Å². The molecule has 1 heterocycles. The minimum atomic E-state index is -0.433. The monoisotopic (exact) mass is 247 g/mol. The van der Waals surface area contributed by atoms with Crippen LogP contribution in [0, 0.1) is 0 Å². The second-order valence-electron chi connectivity index (χ2n) is 3.55. The Balaban J connectivity index is 2.00. The molecule has 0 aliphatic heterocycles. The molecular formula is C12H13N3O3. The van der Waals surface area contributed by atoms with Crippen molar-refractivity contribution >= 4 is 11.8 Å². The van der Waals surface area contributed by atoms with E-state index in [9.17, 15) is 4.79 Å². The van der Waals surface area contributed by atoms with Crippen molar-refractivity contribution in [1.82, 2.24) is 10.5 Å². The molecule has 0 unspecified atom stereocenters. The lowest BCUT2D eigenvalue weighted by Gasteiger charge is -2.01. The summed E-state index contributed by atoms with van der Waals surface area (Å²) in [6.45, 7) is 0.0801. The molecular weight excluding hydrogens is 234 g/mol. The molecule has 1 aromatic heterocycles. The molecule has 94 valence electrons. The normalized spacial score (nSPS) is 10.1. The Bertz CT molecular complexity index is 510. The van der Waals surface area contributed by atoms with Crippen molar-refractivity contribution in [3.8, 4) is 11.3 Å². The van der Waals surface area contributed by atoms with Gasteiger partial charge in [-0.15, -0.1) is 0 Å². The van der Waals surface area contributed by atoms with Crippen LogP contribution in [-0.4, -0.2) is 29.4 Å². The van der Waals surface area contributed by atoms with Crippen molar-refractivity contribution < 1.29 is 14.4 Å². The summed E-state index contributed by atoms with van der Waals surface area (Å²) in [5.41, 5.74) is 0.883. The van der Waals surface area contributed by atoms with Gasteiger partial charge in [0.15, 0.2) is 11.6 Å². The van der Waals surface area contributed by atoms with E-state index in [0.29, 0.717) is 11.6 Å². The summed E-state index contributed by atoms with van der Waals surface area (Å²) < 4.78 is 5.11. The second kappa shape index (κ2) is 5.83. The zero-order chi connectivity index (χ0) is 12.8. The fourth-order valence-corrected chi connectivity index (χ4v) is 1.40. The number of aliphatic hydroxyl groups is 1. The molecule has 0 radical (unpaired) electrons. The summed E-state index contributed by atoms with van der Waals surface area (Å²) in [7, 11) is 0. The highest BCUT2D eigenvalue weighted by atomic mass is 16.5. The maximum absolute atomic E-state index is 11.3. The third-order valence-electron chi connectivity index (χ3n) is 2.21. The first-order chi connectivity index (χ1) is 8.79. The van der Waals surface area contributed by atoms with Gasteiger partial charge in [0.05, 0.1) is 6.61 Å². The van der Waals surface area contributed by atoms with Gasteiger partial charge in [-0.3, -0.25) is 5.32 Å². The zero-order valence-electron chi connectivity index (χ0n) is 9.59. The van der Waals surface area contributed by atoms with E-state index in [1.165, 1.54) is 0 Å². The van der Waals surface area contributed by atoms with E-state index in [-0.39, 0.29) is 13.2 Å². The fourth-order valence-electron chi connectivity index (χ4n) is 1.40. The van der Waals surface area contributed by atoms with Gasteiger partial charge in [-0.05, 0) is 0 Å². The first-order valence-corrected chi connectivity index (χ1v) is 5.47. The number of anilines is 1. The second-order valence-corrected chi connectivity index (χ2v) is 3.55. The highest BCUT2D eigenvalue weighted by Gasteiger charge is 2.08. The topological polar surface area (TPSA) is 87.4 Å². The lowest BCUT2D eigenvalue weighted by atomic mass is 10.2. The number of urea groups is 1. The Labute approximate surface area is 104 Å². The molecule has 2 rings (SSSR count). The van der Waals surface area contributed by atoms with Crippen molar-refractivity contribution in [2.45, 2.75) is 0 Å². The minimum absolute atomic E-state index is 0.110. The van der Waals surface area contributed by atoms with Crippen LogP contribution in [0.15, 0.2) is 40.9 Å². The molecule has 18 heavy (non-hydrogen) atoms. The van der Waals surface area contributed by atoms with Crippen molar-refractivity contribution in [2.75, 3.05) is 18.5 Å². The van der Waals surface area contributed by atoms with Crippen molar-refractivity contribution in [3.63, 3.8) is 0 Å². The number of aliphatic hydroxyl groups excluding tert-OH is 1. The zero-order valence-corrected chi connectivity index (χ0v) is 9.59. The maximum Gasteiger partial charge on any atom is 0.320 e. The SMILES string of the molecule is O=C(NCCO)Nc1cc(-c2ccccc2)on1. The summed E-state index contributed by atoms with van der Waals surface area (Å²) in [6.07, 6.45) is 0. The number of nitrogens with one attached hydrogen (secondary N) is 2. The first-order valence-electron chi connectivity index (χ1n) is 5.47. The van der Waals surface area contributed by atoms with Crippen LogP contribution in [-0.2, 0) is 0 Å². The third kappa shape index (κ3) is 3.08. The van der Waals surface area contributed by atoms with Crippen LogP contribution in [0.5, 0.6) is 0 Å². The van der Waals surface area contributed by atoms with Gasteiger partial charge in [0.1, 0.15) is 0 Å². The van der Waals surface area contributed by atoms with Gasteiger partial charge in [0.2, 0.25) is 0 Å². The average molecular weight is 247 g/mol. The molecule has 0 aliphatic carbocycles. The lowest BCUT2D eigenvalue weighted by molar-refractivity contribution is 0.244. The van der Waals surface area contributed by atoms with Crippen LogP contribution in [0.25, 0.3) is 11.3 Å². The van der Waals surface area contributed by atoms with E-state index in [0.717, 1.165) is 5.56 Å². The van der Waals surface area contributed by atoms with Gasteiger partial charge in [-0.25, -0.2) is 4.79 Å². The number of carbonyl (C=O) groups excluding carboxylic acids is 1. The molecule has 0 saturated carbocycles. The largest absolute Gasteiger partial charge is 0.395 e. The van der Waals surface area contributed by atoms with Crippen LogP contribution in [0.2, 0.25) is 0 Å². The summed E-state index contributed by atoms with van der Waals surface area (Å²) in [5.74, 6) is 0.900. The highest BCUT2D eigenvalue weighted by Crippen LogP contribution is 2.21. The number of benzene rings is 1. The van der Waals surface area contributed by atoms with Gasteiger partial charge < -0.3 is 14.9 Å². The van der Waals surface area contributed by atoms with Crippen molar-refractivity contribution in [2.24, 2.45) is 0 Å². The predicted molar refractivity (Wildman–Crippen MR) is 66.0 cm³/mol. The van der Waals surface area contributed by atoms with E-state index < -0.39 is 6.03 Å². The van der Waals surface area contributed by atoms with Gasteiger partial charge in [-0.1, -0.05) is 35.5 Å². The van der Waals surface area contributed by atoms with Gasteiger partial charge >= 0.3 is 6.03 Å². The smallest absolute Gasteiger partial charge is 0.320 e. The average Bonchev–Trinajstić information content (AvgIpc) is 2.86. The van der Waals surface area contributed by atoms with E-state index in [4.69, 9.17) is 9.63 Å². The van der Waals surface area contributed by atoms with Crippen LogP contribution in [0.1, 0.15) is 0 Å². The van der Waals surface area contributed by atoms with E-state index in [1.54, 1.807) is 6.07 Å². The van der Waals surface area contributed by atoms with Crippen LogP contribution in [0.4, 0.5) is 10.6 Å². The standard InChI is InChI=1S/C12H13N3O3/c16-7-6-13-12(17)14-11-8-10(18-15-11)9-4-2-1-3-5-9/h1-5,8,16H,6-7H2,(H2,13,14,15,17). The molecule has 0 aliphatic rings. The Hall–Kier alpha value is -2.34. The summed E-state index contributed by atoms with van der Waals surface area (Å²) in [5, 5.41) is 17.2. The van der Waals surface area contributed by atoms with Gasteiger partial charge in [0, 0.05) is 18.2 Å². The van der Waals surface area contributed by atoms with E-state index >= 15 is 0 Å². The molecule has 0 saturated heterocycles. The fraction of sp³-hybridized carbons (Fsp3) is 0.167. The van der Waals surface area contributed by atoms with E-state index in [1.807, 2.05) is 30.3 Å². The number of carbonyl (C=O) groups is 1. The molecule has 6 nitrogen and oxygen atoms in total. The molecule has 1 aromatic carbocycles. The molecule has 0 bridgehead atoms. The number of hydrogen-bond acceptors (Lipinski definition) is 4. The minimum Gasteiger partial charge on any atom is -0.395 e. The maximum atomic E-state index is 11.3. The number of amides is 2. The molecule has 6 heteroatoms. The quantitative estimate of drug-likeness (QED) is 0.763. The number of nitrogens with zero attached hydrogens (tertiary/aromatic N) is 1. The Morgan fingerprint density at radius 2 is 2.11 bits per heavy atom. The highest BCUT2D eigenvalue weighted by molar-refractivity contribution is 5.88. The van der Waals surface area contributed by atoms with Crippen molar-refractivity contribution in [3.05, 3.63) is 36.4 Å². The van der Waals surface area contributed by atoms with Crippen LogP contribution < -0.4 is 10.6 Å². The summed E-state index contributed by atoms with van der Waals surface area (Å²) in [4.78, 5) is 11.3.